The molecule has 120 valence electrons. The predicted octanol–water partition coefficient (Wildman–Crippen LogP) is 2.96. The van der Waals surface area contributed by atoms with Crippen LogP contribution in [0.2, 0.25) is 0 Å². The molecule has 0 saturated carbocycles. The van der Waals surface area contributed by atoms with E-state index in [1.54, 1.807) is 30.7 Å². The molecule has 0 aliphatic carbocycles. The molecule has 0 spiro atoms. The van der Waals surface area contributed by atoms with Crippen molar-refractivity contribution in [3.63, 3.8) is 0 Å². The van der Waals surface area contributed by atoms with Crippen molar-refractivity contribution >= 4 is 11.8 Å². The molecule has 25 heavy (non-hydrogen) atoms. The average molecular weight is 345 g/mol. The van der Waals surface area contributed by atoms with Crippen molar-refractivity contribution < 1.29 is 0 Å². The highest BCUT2D eigenvalue weighted by molar-refractivity contribution is 7.98. The first-order valence-corrected chi connectivity index (χ1v) is 8.44. The third kappa shape index (κ3) is 3.14. The van der Waals surface area contributed by atoms with Gasteiger partial charge in [-0.1, -0.05) is 36.0 Å². The Bertz CT molecular complexity index is 1070. The molecule has 0 radical (unpaired) electrons. The van der Waals surface area contributed by atoms with Gasteiger partial charge in [0.05, 0.1) is 5.69 Å². The number of H-pyrrole nitrogens is 1. The fourth-order valence-electron chi connectivity index (χ4n) is 2.40. The molecular weight excluding hydrogens is 334 g/mol. The Kier molecular flexibility index (Phi) is 4.60. The lowest BCUT2D eigenvalue weighted by Gasteiger charge is -2.07. The van der Waals surface area contributed by atoms with Gasteiger partial charge in [0.15, 0.2) is 5.16 Å². The highest BCUT2D eigenvalue weighted by Crippen LogP contribution is 2.26. The summed E-state index contributed by atoms with van der Waals surface area (Å²) in [6.45, 7) is 0. The van der Waals surface area contributed by atoms with Gasteiger partial charge in [0.2, 0.25) is 0 Å². The van der Waals surface area contributed by atoms with E-state index in [9.17, 15) is 10.1 Å². The van der Waals surface area contributed by atoms with Gasteiger partial charge in [-0.3, -0.25) is 4.79 Å². The Morgan fingerprint density at radius 3 is 2.44 bits per heavy atom. The van der Waals surface area contributed by atoms with Crippen molar-refractivity contribution in [3.05, 3.63) is 64.2 Å². The Balaban J connectivity index is 2.11. The van der Waals surface area contributed by atoms with Crippen molar-refractivity contribution in [3.8, 4) is 34.5 Å². The summed E-state index contributed by atoms with van der Waals surface area (Å²) in [5.41, 5.74) is 2.40. The van der Waals surface area contributed by atoms with Crippen molar-refractivity contribution in [2.45, 2.75) is 5.16 Å². The lowest BCUT2D eigenvalue weighted by atomic mass is 10.0. The van der Waals surface area contributed by atoms with Gasteiger partial charge in [0, 0.05) is 17.3 Å². The van der Waals surface area contributed by atoms with Crippen molar-refractivity contribution in [2.75, 3.05) is 6.26 Å². The standard InChI is InChI=1S/C18H11N5OS/c1-25-18-22-16(14(9-19)17(24)23-18)12-6-4-11(5-7-12)13-3-2-8-21-15(13)10-20/h2-8H,1H3,(H,22,23,24). The molecule has 0 bridgehead atoms. The molecule has 2 aromatic heterocycles. The number of benzene rings is 1. The molecule has 0 amide bonds. The first kappa shape index (κ1) is 16.4. The first-order chi connectivity index (χ1) is 12.2. The average Bonchev–Trinajstić information content (AvgIpc) is 2.67. The van der Waals surface area contributed by atoms with E-state index in [1.807, 2.05) is 24.3 Å². The van der Waals surface area contributed by atoms with E-state index in [2.05, 4.69) is 21.0 Å². The van der Waals surface area contributed by atoms with Crippen LogP contribution >= 0.6 is 11.8 Å². The van der Waals surface area contributed by atoms with E-state index >= 15 is 0 Å². The minimum atomic E-state index is -0.458. The van der Waals surface area contributed by atoms with Crippen LogP contribution in [0.3, 0.4) is 0 Å². The number of hydrogen-bond donors (Lipinski definition) is 1. The molecule has 0 fully saturated rings. The Morgan fingerprint density at radius 1 is 1.08 bits per heavy atom. The van der Waals surface area contributed by atoms with Crippen molar-refractivity contribution in [2.24, 2.45) is 0 Å². The van der Waals surface area contributed by atoms with Gasteiger partial charge in [0.25, 0.3) is 5.56 Å². The molecule has 2 heterocycles. The predicted molar refractivity (Wildman–Crippen MR) is 94.7 cm³/mol. The number of nitrogens with one attached hydrogen (secondary N) is 1. The topological polar surface area (TPSA) is 106 Å². The van der Waals surface area contributed by atoms with Crippen LogP contribution in [0.5, 0.6) is 0 Å². The third-order valence-electron chi connectivity index (χ3n) is 3.59. The number of rotatable bonds is 3. The van der Waals surface area contributed by atoms with Gasteiger partial charge in [-0.05, 0) is 24.0 Å². The summed E-state index contributed by atoms with van der Waals surface area (Å²) in [7, 11) is 0. The minimum Gasteiger partial charge on any atom is -0.300 e. The molecule has 3 rings (SSSR count). The second kappa shape index (κ2) is 7.00. The number of nitriles is 2. The highest BCUT2D eigenvalue weighted by Gasteiger charge is 2.13. The van der Waals surface area contributed by atoms with Gasteiger partial charge >= 0.3 is 0 Å². The molecule has 7 heteroatoms. The SMILES string of the molecule is CSc1nc(-c2ccc(-c3cccnc3C#N)cc2)c(C#N)c(=O)[nH]1. The van der Waals surface area contributed by atoms with E-state index in [0.29, 0.717) is 22.1 Å². The molecule has 0 aliphatic heterocycles. The van der Waals surface area contributed by atoms with Crippen LogP contribution in [0.15, 0.2) is 52.5 Å². The summed E-state index contributed by atoms with van der Waals surface area (Å²) in [5.74, 6) is 0. The van der Waals surface area contributed by atoms with Gasteiger partial charge in [0.1, 0.15) is 23.4 Å². The van der Waals surface area contributed by atoms with Gasteiger partial charge < -0.3 is 4.98 Å². The normalized spacial score (nSPS) is 10.0. The Hall–Kier alpha value is -3.42. The highest BCUT2D eigenvalue weighted by atomic mass is 32.2. The molecule has 3 aromatic rings. The maximum absolute atomic E-state index is 12.0. The quantitative estimate of drug-likeness (QED) is 0.578. The summed E-state index contributed by atoms with van der Waals surface area (Å²) in [5, 5.41) is 18.9. The molecule has 6 nitrogen and oxygen atoms in total. The van der Waals surface area contributed by atoms with Crippen LogP contribution in [0.1, 0.15) is 11.3 Å². The number of nitrogens with zero attached hydrogens (tertiary/aromatic N) is 4. The summed E-state index contributed by atoms with van der Waals surface area (Å²) < 4.78 is 0. The van der Waals surface area contributed by atoms with Gasteiger partial charge in [-0.2, -0.15) is 10.5 Å². The summed E-state index contributed by atoms with van der Waals surface area (Å²) >= 11 is 1.30. The van der Waals surface area contributed by atoms with Crippen LogP contribution in [0.4, 0.5) is 0 Å². The lowest BCUT2D eigenvalue weighted by Crippen LogP contribution is -2.14. The van der Waals surface area contributed by atoms with Crippen LogP contribution in [-0.2, 0) is 0 Å². The fraction of sp³-hybridized carbons (Fsp3) is 0.0556. The molecule has 1 N–H and O–H groups in total. The van der Waals surface area contributed by atoms with E-state index in [4.69, 9.17) is 5.26 Å². The van der Waals surface area contributed by atoms with E-state index in [0.717, 1.165) is 11.1 Å². The van der Waals surface area contributed by atoms with E-state index in [1.165, 1.54) is 11.8 Å². The minimum absolute atomic E-state index is 0.0235. The lowest BCUT2D eigenvalue weighted by molar-refractivity contribution is 0.937. The summed E-state index contributed by atoms with van der Waals surface area (Å²) in [6.07, 6.45) is 3.36. The summed E-state index contributed by atoms with van der Waals surface area (Å²) in [6, 6.07) is 14.7. The van der Waals surface area contributed by atoms with Crippen LogP contribution in [0.25, 0.3) is 22.4 Å². The largest absolute Gasteiger partial charge is 0.300 e. The second-order valence-electron chi connectivity index (χ2n) is 5.00. The fourth-order valence-corrected chi connectivity index (χ4v) is 2.77. The molecule has 1 aromatic carbocycles. The first-order valence-electron chi connectivity index (χ1n) is 7.22. The van der Waals surface area contributed by atoms with Crippen LogP contribution in [0, 0.1) is 22.7 Å². The molecule has 0 saturated heterocycles. The Labute approximate surface area is 147 Å². The maximum atomic E-state index is 12.0. The monoisotopic (exact) mass is 345 g/mol. The van der Waals surface area contributed by atoms with Crippen LogP contribution < -0.4 is 5.56 Å². The smallest absolute Gasteiger partial charge is 0.270 e. The molecule has 0 aliphatic rings. The number of hydrogen-bond acceptors (Lipinski definition) is 6. The number of pyridine rings is 1. The molecule has 0 unspecified atom stereocenters. The van der Waals surface area contributed by atoms with Crippen molar-refractivity contribution in [1.29, 1.82) is 10.5 Å². The molecular formula is C18H11N5OS. The van der Waals surface area contributed by atoms with Crippen LogP contribution in [-0.4, -0.2) is 21.2 Å². The van der Waals surface area contributed by atoms with Gasteiger partial charge in [-0.25, -0.2) is 9.97 Å². The Morgan fingerprint density at radius 2 is 1.80 bits per heavy atom. The number of thioether (sulfide) groups is 1. The van der Waals surface area contributed by atoms with Gasteiger partial charge in [-0.15, -0.1) is 0 Å². The number of aromatic amines is 1. The van der Waals surface area contributed by atoms with Crippen molar-refractivity contribution in [1.82, 2.24) is 15.0 Å². The molecule has 0 atom stereocenters. The van der Waals surface area contributed by atoms with E-state index < -0.39 is 5.56 Å². The maximum Gasteiger partial charge on any atom is 0.270 e. The second-order valence-corrected chi connectivity index (χ2v) is 5.79. The zero-order chi connectivity index (χ0) is 17.8. The zero-order valence-electron chi connectivity index (χ0n) is 13.1. The number of aromatic nitrogens is 3. The van der Waals surface area contributed by atoms with E-state index in [-0.39, 0.29) is 5.56 Å². The zero-order valence-corrected chi connectivity index (χ0v) is 14.0. The summed E-state index contributed by atoms with van der Waals surface area (Å²) in [4.78, 5) is 23.0. The third-order valence-corrected chi connectivity index (χ3v) is 4.17.